The number of aryl methyl sites for hydroxylation is 1. The van der Waals surface area contributed by atoms with Crippen molar-refractivity contribution in [1.82, 2.24) is 9.55 Å². The lowest BCUT2D eigenvalue weighted by Crippen LogP contribution is -2.22. The predicted molar refractivity (Wildman–Crippen MR) is 106 cm³/mol. The molecule has 0 aliphatic heterocycles. The topological polar surface area (TPSA) is 78.3 Å². The second-order valence-corrected chi connectivity index (χ2v) is 8.35. The van der Waals surface area contributed by atoms with Gasteiger partial charge in [-0.2, -0.15) is 0 Å². The number of ether oxygens (including phenoxy) is 1. The molecule has 1 unspecified atom stereocenters. The van der Waals surface area contributed by atoms with Crippen molar-refractivity contribution in [3.8, 4) is 0 Å². The number of hydrogen-bond acceptors (Lipinski definition) is 5. The SMILES string of the molecule is CCOC(=O)c1cn(C2CC2)c2nc(S(=O)c3ccc(C)cc3)c(F)cc2c1=O. The van der Waals surface area contributed by atoms with Crippen molar-refractivity contribution in [2.24, 2.45) is 0 Å². The third-order valence-electron chi connectivity index (χ3n) is 4.77. The van der Waals surface area contributed by atoms with Crippen LogP contribution in [-0.2, 0) is 15.5 Å². The molecule has 1 saturated carbocycles. The molecule has 0 bridgehead atoms. The highest BCUT2D eigenvalue weighted by atomic mass is 32.2. The lowest BCUT2D eigenvalue weighted by Gasteiger charge is -2.13. The van der Waals surface area contributed by atoms with E-state index in [1.807, 2.05) is 6.92 Å². The summed E-state index contributed by atoms with van der Waals surface area (Å²) in [5.74, 6) is -1.60. The molecule has 8 heteroatoms. The Balaban J connectivity index is 1.91. The van der Waals surface area contributed by atoms with Gasteiger partial charge in [0.2, 0.25) is 5.43 Å². The van der Waals surface area contributed by atoms with Crippen molar-refractivity contribution in [2.75, 3.05) is 6.61 Å². The molecule has 1 aliphatic rings. The Morgan fingerprint density at radius 3 is 2.62 bits per heavy atom. The summed E-state index contributed by atoms with van der Waals surface area (Å²) >= 11 is 0. The third-order valence-corrected chi connectivity index (χ3v) is 6.11. The average molecular weight is 414 g/mol. The molecule has 0 saturated heterocycles. The van der Waals surface area contributed by atoms with Gasteiger partial charge in [0, 0.05) is 17.1 Å². The van der Waals surface area contributed by atoms with Crippen LogP contribution >= 0.6 is 0 Å². The van der Waals surface area contributed by atoms with Crippen LogP contribution in [0.5, 0.6) is 0 Å². The van der Waals surface area contributed by atoms with E-state index in [9.17, 15) is 18.2 Å². The first-order valence-corrected chi connectivity index (χ1v) is 10.5. The molecule has 1 aromatic carbocycles. The number of carbonyl (C=O) groups is 1. The summed E-state index contributed by atoms with van der Waals surface area (Å²) in [7, 11) is -1.84. The molecule has 1 fully saturated rings. The fraction of sp³-hybridized carbons (Fsp3) is 0.286. The highest BCUT2D eigenvalue weighted by molar-refractivity contribution is 7.85. The van der Waals surface area contributed by atoms with Crippen LogP contribution in [0.25, 0.3) is 11.0 Å². The molecule has 2 aromatic heterocycles. The minimum atomic E-state index is -1.84. The normalized spacial score (nSPS) is 14.7. The van der Waals surface area contributed by atoms with E-state index in [1.165, 1.54) is 6.20 Å². The molecule has 0 spiro atoms. The molecule has 1 aliphatic carbocycles. The van der Waals surface area contributed by atoms with Crippen LogP contribution in [0.3, 0.4) is 0 Å². The Kier molecular flexibility index (Phi) is 5.04. The van der Waals surface area contributed by atoms with Gasteiger partial charge in [0.15, 0.2) is 10.8 Å². The molecular formula is C21H19FN2O4S. The Bertz CT molecular complexity index is 1200. The van der Waals surface area contributed by atoms with E-state index >= 15 is 0 Å². The summed E-state index contributed by atoms with van der Waals surface area (Å²) in [6.45, 7) is 3.67. The summed E-state index contributed by atoms with van der Waals surface area (Å²) in [5.41, 5.74) is 0.420. The van der Waals surface area contributed by atoms with Crippen LogP contribution in [0.15, 0.2) is 51.2 Å². The smallest absolute Gasteiger partial charge is 0.343 e. The highest BCUT2D eigenvalue weighted by Crippen LogP contribution is 2.37. The van der Waals surface area contributed by atoms with Crippen molar-refractivity contribution in [3.05, 3.63) is 63.7 Å². The van der Waals surface area contributed by atoms with Crippen LogP contribution in [0.1, 0.15) is 41.7 Å². The Morgan fingerprint density at radius 2 is 2.00 bits per heavy atom. The van der Waals surface area contributed by atoms with Gasteiger partial charge >= 0.3 is 5.97 Å². The summed E-state index contributed by atoms with van der Waals surface area (Å²) in [4.78, 5) is 29.7. The van der Waals surface area contributed by atoms with Crippen LogP contribution < -0.4 is 5.43 Å². The van der Waals surface area contributed by atoms with Gasteiger partial charge in [-0.25, -0.2) is 18.4 Å². The first-order valence-electron chi connectivity index (χ1n) is 9.31. The zero-order valence-electron chi connectivity index (χ0n) is 16.0. The highest BCUT2D eigenvalue weighted by Gasteiger charge is 2.29. The third kappa shape index (κ3) is 3.60. The van der Waals surface area contributed by atoms with Gasteiger partial charge in [0.05, 0.1) is 12.0 Å². The van der Waals surface area contributed by atoms with Crippen molar-refractivity contribution < 1.29 is 18.1 Å². The monoisotopic (exact) mass is 414 g/mol. The van der Waals surface area contributed by atoms with E-state index in [1.54, 1.807) is 35.8 Å². The molecule has 29 heavy (non-hydrogen) atoms. The number of halogens is 1. The Morgan fingerprint density at radius 1 is 1.31 bits per heavy atom. The first kappa shape index (κ1) is 19.4. The average Bonchev–Trinajstić information content (AvgIpc) is 3.53. The van der Waals surface area contributed by atoms with Crippen LogP contribution in [-0.4, -0.2) is 26.3 Å². The minimum absolute atomic E-state index is 0.0235. The van der Waals surface area contributed by atoms with E-state index in [0.717, 1.165) is 24.5 Å². The van der Waals surface area contributed by atoms with E-state index in [0.29, 0.717) is 4.90 Å². The van der Waals surface area contributed by atoms with E-state index < -0.39 is 28.0 Å². The largest absolute Gasteiger partial charge is 0.462 e. The van der Waals surface area contributed by atoms with Gasteiger partial charge in [-0.15, -0.1) is 0 Å². The van der Waals surface area contributed by atoms with Crippen molar-refractivity contribution in [1.29, 1.82) is 0 Å². The number of aromatic nitrogens is 2. The van der Waals surface area contributed by atoms with Gasteiger partial charge in [0.1, 0.15) is 22.0 Å². The van der Waals surface area contributed by atoms with Gasteiger partial charge in [0.25, 0.3) is 0 Å². The van der Waals surface area contributed by atoms with Crippen molar-refractivity contribution in [2.45, 2.75) is 42.7 Å². The second kappa shape index (κ2) is 7.51. The molecule has 0 N–H and O–H groups in total. The molecule has 2 heterocycles. The van der Waals surface area contributed by atoms with E-state index in [4.69, 9.17) is 4.74 Å². The predicted octanol–water partition coefficient (Wildman–Crippen LogP) is 3.52. The maximum absolute atomic E-state index is 14.8. The van der Waals surface area contributed by atoms with Gasteiger partial charge < -0.3 is 9.30 Å². The number of fused-ring (bicyclic) bond motifs is 1. The molecule has 4 rings (SSSR count). The van der Waals surface area contributed by atoms with Gasteiger partial charge in [-0.05, 0) is 44.9 Å². The summed E-state index contributed by atoms with van der Waals surface area (Å²) in [6, 6.07) is 7.98. The number of hydrogen-bond donors (Lipinski definition) is 0. The number of pyridine rings is 2. The lowest BCUT2D eigenvalue weighted by atomic mass is 10.2. The number of carbonyl (C=O) groups excluding carboxylic acids is 1. The van der Waals surface area contributed by atoms with Crippen molar-refractivity contribution >= 4 is 27.8 Å². The second-order valence-electron chi connectivity index (χ2n) is 6.96. The molecular weight excluding hydrogens is 395 g/mol. The summed E-state index contributed by atoms with van der Waals surface area (Å²) < 4.78 is 34.4. The number of esters is 1. The van der Waals surface area contributed by atoms with Gasteiger partial charge in [-0.1, -0.05) is 17.7 Å². The molecule has 0 amide bonds. The zero-order chi connectivity index (χ0) is 20.7. The summed E-state index contributed by atoms with van der Waals surface area (Å²) in [6.07, 6.45) is 3.13. The maximum atomic E-state index is 14.8. The van der Waals surface area contributed by atoms with Crippen LogP contribution in [0.4, 0.5) is 4.39 Å². The fourth-order valence-corrected chi connectivity index (χ4v) is 4.13. The number of nitrogens with zero attached hydrogens (tertiary/aromatic N) is 2. The van der Waals surface area contributed by atoms with Gasteiger partial charge in [-0.3, -0.25) is 4.79 Å². The lowest BCUT2D eigenvalue weighted by molar-refractivity contribution is 0.0524. The van der Waals surface area contributed by atoms with E-state index in [-0.39, 0.29) is 34.3 Å². The number of benzene rings is 1. The fourth-order valence-electron chi connectivity index (χ4n) is 3.12. The standard InChI is InChI=1S/C21H19FN2O4S/c1-3-28-21(26)16-11-24(13-6-7-13)19-15(18(16)25)10-17(22)20(23-19)29(27)14-8-4-12(2)5-9-14/h4-5,8-11,13H,3,6-7H2,1-2H3. The Hall–Kier alpha value is -2.87. The minimum Gasteiger partial charge on any atom is -0.462 e. The Labute approximate surface area is 168 Å². The molecule has 0 radical (unpaired) electrons. The van der Waals surface area contributed by atoms with Crippen molar-refractivity contribution in [3.63, 3.8) is 0 Å². The molecule has 6 nitrogen and oxygen atoms in total. The first-order chi connectivity index (χ1) is 13.9. The zero-order valence-corrected chi connectivity index (χ0v) is 16.8. The number of rotatable bonds is 5. The summed E-state index contributed by atoms with van der Waals surface area (Å²) in [5, 5.41) is -0.261. The van der Waals surface area contributed by atoms with E-state index in [2.05, 4.69) is 4.98 Å². The molecule has 3 aromatic rings. The quantitative estimate of drug-likeness (QED) is 0.597. The molecule has 1 atom stereocenters. The maximum Gasteiger partial charge on any atom is 0.343 e. The van der Waals surface area contributed by atoms with Crippen LogP contribution in [0.2, 0.25) is 0 Å². The van der Waals surface area contributed by atoms with Crippen LogP contribution in [0, 0.1) is 12.7 Å². The molecule has 150 valence electrons.